The molecule has 5 heteroatoms. The van der Waals surface area contributed by atoms with Crippen LogP contribution in [0.15, 0.2) is 12.2 Å². The average molecular weight is 228 g/mol. The number of nitrogens with zero attached hydrogens (tertiary/aromatic N) is 1. The van der Waals surface area contributed by atoms with Gasteiger partial charge in [0.1, 0.15) is 0 Å². The predicted octanol–water partition coefficient (Wildman–Crippen LogP) is 0.174. The van der Waals surface area contributed by atoms with Gasteiger partial charge in [-0.1, -0.05) is 6.58 Å². The molecule has 0 saturated heterocycles. The van der Waals surface area contributed by atoms with Crippen molar-refractivity contribution in [1.29, 1.82) is 0 Å². The largest absolute Gasteiger partial charge is 0.463 e. The van der Waals surface area contributed by atoms with Crippen molar-refractivity contribution in [3.8, 4) is 0 Å². The van der Waals surface area contributed by atoms with E-state index in [1.165, 1.54) is 0 Å². The van der Waals surface area contributed by atoms with Gasteiger partial charge in [-0.05, 0) is 13.8 Å². The summed E-state index contributed by atoms with van der Waals surface area (Å²) in [5.74, 6) is -0.439. The molecule has 0 atom stereocenters. The minimum atomic E-state index is -0.425. The van der Waals surface area contributed by atoms with Crippen LogP contribution in [-0.4, -0.2) is 50.1 Å². The predicted molar refractivity (Wildman–Crippen MR) is 62.0 cm³/mol. The summed E-state index contributed by atoms with van der Waals surface area (Å²) < 4.78 is 4.76. The highest BCUT2D eigenvalue weighted by molar-refractivity contribution is 5.88. The molecule has 0 aliphatic heterocycles. The fourth-order valence-corrected chi connectivity index (χ4v) is 0.937. The van der Waals surface area contributed by atoms with Gasteiger partial charge in [0.15, 0.2) is 0 Å². The average Bonchev–Trinajstić information content (AvgIpc) is 2.27. The standard InChI is InChI=1S/C11H20N2O3/c1-5-13(4)10(14)8-12-7-9(3)11(15)16-6-2/h12H,3,5-8H2,1-2,4H3. The van der Waals surface area contributed by atoms with Crippen LogP contribution in [0.4, 0.5) is 0 Å². The monoisotopic (exact) mass is 228 g/mol. The van der Waals surface area contributed by atoms with Crippen LogP contribution in [0, 0.1) is 0 Å². The van der Waals surface area contributed by atoms with Gasteiger partial charge in [0.05, 0.1) is 13.2 Å². The topological polar surface area (TPSA) is 58.6 Å². The van der Waals surface area contributed by atoms with Gasteiger partial charge in [0, 0.05) is 25.7 Å². The second kappa shape index (κ2) is 7.87. The van der Waals surface area contributed by atoms with E-state index in [1.54, 1.807) is 18.9 Å². The molecule has 16 heavy (non-hydrogen) atoms. The molecule has 1 amide bonds. The van der Waals surface area contributed by atoms with E-state index < -0.39 is 5.97 Å². The molecule has 92 valence electrons. The Morgan fingerprint density at radius 1 is 1.31 bits per heavy atom. The Bertz CT molecular complexity index is 264. The Labute approximate surface area is 96.4 Å². The smallest absolute Gasteiger partial charge is 0.334 e. The summed E-state index contributed by atoms with van der Waals surface area (Å²) in [5.41, 5.74) is 0.328. The Morgan fingerprint density at radius 3 is 2.44 bits per heavy atom. The molecule has 0 aliphatic carbocycles. The van der Waals surface area contributed by atoms with E-state index in [-0.39, 0.29) is 19.0 Å². The Hall–Kier alpha value is -1.36. The lowest BCUT2D eigenvalue weighted by Crippen LogP contribution is -2.36. The molecule has 1 N–H and O–H groups in total. The maximum atomic E-state index is 11.4. The first kappa shape index (κ1) is 14.6. The molecule has 0 rings (SSSR count). The molecule has 0 saturated carbocycles. The number of carbonyl (C=O) groups excluding carboxylic acids is 2. The Morgan fingerprint density at radius 2 is 1.94 bits per heavy atom. The van der Waals surface area contributed by atoms with Crippen LogP contribution in [0.3, 0.4) is 0 Å². The summed E-state index contributed by atoms with van der Waals surface area (Å²) in [7, 11) is 1.73. The molecule has 0 radical (unpaired) electrons. The summed E-state index contributed by atoms with van der Waals surface area (Å²) in [6.45, 7) is 8.66. The molecule has 0 spiro atoms. The van der Waals surface area contributed by atoms with Crippen molar-refractivity contribution in [2.75, 3.05) is 33.3 Å². The highest BCUT2D eigenvalue weighted by Crippen LogP contribution is 1.92. The lowest BCUT2D eigenvalue weighted by Gasteiger charge is -2.14. The molecule has 5 nitrogen and oxygen atoms in total. The minimum Gasteiger partial charge on any atom is -0.463 e. The maximum absolute atomic E-state index is 11.4. The summed E-state index contributed by atoms with van der Waals surface area (Å²) >= 11 is 0. The summed E-state index contributed by atoms with van der Waals surface area (Å²) in [4.78, 5) is 24.1. The zero-order valence-electron chi connectivity index (χ0n) is 10.2. The number of amides is 1. The fourth-order valence-electron chi connectivity index (χ4n) is 0.937. The van der Waals surface area contributed by atoms with E-state index in [9.17, 15) is 9.59 Å². The summed E-state index contributed by atoms with van der Waals surface area (Å²) in [6, 6.07) is 0. The highest BCUT2D eigenvalue weighted by atomic mass is 16.5. The number of carbonyl (C=O) groups is 2. The van der Waals surface area contributed by atoms with E-state index in [2.05, 4.69) is 11.9 Å². The first-order valence-corrected chi connectivity index (χ1v) is 5.32. The van der Waals surface area contributed by atoms with Crippen LogP contribution in [0.2, 0.25) is 0 Å². The maximum Gasteiger partial charge on any atom is 0.334 e. The lowest BCUT2D eigenvalue weighted by molar-refractivity contribution is -0.138. The fraction of sp³-hybridized carbons (Fsp3) is 0.636. The van der Waals surface area contributed by atoms with Gasteiger partial charge in [-0.25, -0.2) is 4.79 Å². The van der Waals surface area contributed by atoms with Crippen molar-refractivity contribution in [3.05, 3.63) is 12.2 Å². The van der Waals surface area contributed by atoms with Crippen LogP contribution < -0.4 is 5.32 Å². The molecule has 0 unspecified atom stereocenters. The van der Waals surface area contributed by atoms with Crippen LogP contribution in [0.1, 0.15) is 13.8 Å². The van der Waals surface area contributed by atoms with Crippen LogP contribution in [-0.2, 0) is 14.3 Å². The SMILES string of the molecule is C=C(CNCC(=O)N(C)CC)C(=O)OCC. The van der Waals surface area contributed by atoms with E-state index in [4.69, 9.17) is 4.74 Å². The number of hydrogen-bond donors (Lipinski definition) is 1. The molecule has 0 aromatic rings. The number of nitrogens with one attached hydrogen (secondary N) is 1. The van der Waals surface area contributed by atoms with Gasteiger partial charge in [-0.15, -0.1) is 0 Å². The van der Waals surface area contributed by atoms with Gasteiger partial charge >= 0.3 is 5.97 Å². The molecule has 0 bridgehead atoms. The zero-order chi connectivity index (χ0) is 12.6. The van der Waals surface area contributed by atoms with Gasteiger partial charge in [0.2, 0.25) is 5.91 Å². The van der Waals surface area contributed by atoms with Crippen LogP contribution >= 0.6 is 0 Å². The molecule has 0 aromatic heterocycles. The zero-order valence-corrected chi connectivity index (χ0v) is 10.2. The minimum absolute atomic E-state index is 0.0147. The third-order valence-electron chi connectivity index (χ3n) is 2.08. The third-order valence-corrected chi connectivity index (χ3v) is 2.08. The van der Waals surface area contributed by atoms with Crippen LogP contribution in [0.5, 0.6) is 0 Å². The molecular weight excluding hydrogens is 208 g/mol. The normalized spacial score (nSPS) is 9.69. The van der Waals surface area contributed by atoms with E-state index in [0.29, 0.717) is 18.7 Å². The van der Waals surface area contributed by atoms with Gasteiger partial charge in [-0.3, -0.25) is 4.79 Å². The van der Waals surface area contributed by atoms with Crippen molar-refractivity contribution in [2.24, 2.45) is 0 Å². The second-order valence-corrected chi connectivity index (χ2v) is 3.34. The van der Waals surface area contributed by atoms with Crippen molar-refractivity contribution >= 4 is 11.9 Å². The van der Waals surface area contributed by atoms with E-state index in [0.717, 1.165) is 0 Å². The Kier molecular flexibility index (Phi) is 7.20. The third kappa shape index (κ3) is 5.50. The molecular formula is C11H20N2O3. The summed E-state index contributed by atoms with van der Waals surface area (Å²) in [6.07, 6.45) is 0. The lowest BCUT2D eigenvalue weighted by atomic mass is 10.3. The van der Waals surface area contributed by atoms with Crippen molar-refractivity contribution in [1.82, 2.24) is 10.2 Å². The van der Waals surface area contributed by atoms with E-state index in [1.807, 2.05) is 6.92 Å². The first-order chi connectivity index (χ1) is 7.52. The number of hydrogen-bond acceptors (Lipinski definition) is 4. The molecule has 0 heterocycles. The van der Waals surface area contributed by atoms with Gasteiger partial charge in [-0.2, -0.15) is 0 Å². The van der Waals surface area contributed by atoms with Crippen molar-refractivity contribution in [3.63, 3.8) is 0 Å². The van der Waals surface area contributed by atoms with Gasteiger partial charge < -0.3 is 15.0 Å². The van der Waals surface area contributed by atoms with E-state index >= 15 is 0 Å². The van der Waals surface area contributed by atoms with Gasteiger partial charge in [0.25, 0.3) is 0 Å². The number of esters is 1. The first-order valence-electron chi connectivity index (χ1n) is 5.32. The molecule has 0 aromatic carbocycles. The molecule has 0 fully saturated rings. The quantitative estimate of drug-likeness (QED) is 0.498. The molecule has 0 aliphatic rings. The number of ether oxygens (including phenoxy) is 1. The number of likely N-dealkylation sites (N-methyl/N-ethyl adjacent to an activating group) is 1. The Balaban J connectivity index is 3.78. The number of rotatable bonds is 7. The van der Waals surface area contributed by atoms with Crippen LogP contribution in [0.25, 0.3) is 0 Å². The van der Waals surface area contributed by atoms with Crippen molar-refractivity contribution in [2.45, 2.75) is 13.8 Å². The summed E-state index contributed by atoms with van der Waals surface area (Å²) in [5, 5.41) is 2.85. The highest BCUT2D eigenvalue weighted by Gasteiger charge is 2.09. The second-order valence-electron chi connectivity index (χ2n) is 3.34. The van der Waals surface area contributed by atoms with Crippen molar-refractivity contribution < 1.29 is 14.3 Å².